The minimum absolute atomic E-state index is 0.507. The molecule has 0 bridgehead atoms. The van der Waals surface area contributed by atoms with Crippen LogP contribution in [0.3, 0.4) is 0 Å². The molecule has 7 nitrogen and oxygen atoms in total. The number of aryl methyl sites for hydroxylation is 1. The van der Waals surface area contributed by atoms with E-state index in [0.717, 1.165) is 10.7 Å². The van der Waals surface area contributed by atoms with E-state index >= 15 is 0 Å². The lowest BCUT2D eigenvalue weighted by Gasteiger charge is -2.15. The molecule has 0 saturated heterocycles. The number of hydrazine groups is 2. The number of urea groups is 1. The normalized spacial score (nSPS) is 10.0. The second-order valence-corrected chi connectivity index (χ2v) is 3.11. The first-order valence-corrected chi connectivity index (χ1v) is 4.86. The Labute approximate surface area is 89.1 Å². The molecule has 0 atom stereocenters. The second-order valence-electron chi connectivity index (χ2n) is 2.55. The Kier molecular flexibility index (Phi) is 3.44. The van der Waals surface area contributed by atoms with E-state index in [4.69, 9.17) is 11.7 Å². The summed E-state index contributed by atoms with van der Waals surface area (Å²) in [4.78, 5) is 11.1. The predicted octanol–water partition coefficient (Wildman–Crippen LogP) is -0.422. The summed E-state index contributed by atoms with van der Waals surface area (Å²) in [6, 6.07) is -0.597. The molecule has 0 saturated carbocycles. The van der Waals surface area contributed by atoms with Gasteiger partial charge in [-0.05, 0) is 0 Å². The van der Waals surface area contributed by atoms with Crippen molar-refractivity contribution in [2.75, 3.05) is 5.01 Å². The molecule has 0 aliphatic rings. The Morgan fingerprint density at radius 2 is 2.50 bits per heavy atom. The van der Waals surface area contributed by atoms with Crippen LogP contribution in [0, 0.1) is 0 Å². The molecule has 0 aromatic carbocycles. The molecule has 0 aliphatic heterocycles. The summed E-state index contributed by atoms with van der Waals surface area (Å²) in [5.41, 5.74) is 3.23. The van der Waals surface area contributed by atoms with Crippen LogP contribution < -0.4 is 22.1 Å². The molecule has 78 valence electrons. The van der Waals surface area contributed by atoms with Crippen molar-refractivity contribution < 1.29 is 4.79 Å². The highest BCUT2D eigenvalue weighted by molar-refractivity contribution is 9.08. The zero-order chi connectivity index (χ0) is 10.7. The van der Waals surface area contributed by atoms with Gasteiger partial charge < -0.3 is 0 Å². The van der Waals surface area contributed by atoms with Gasteiger partial charge in [0.15, 0.2) is 0 Å². The van der Waals surface area contributed by atoms with Gasteiger partial charge in [0.2, 0.25) is 0 Å². The van der Waals surface area contributed by atoms with Crippen LogP contribution in [-0.4, -0.2) is 15.8 Å². The fourth-order valence-electron chi connectivity index (χ4n) is 0.986. The number of hydrogen-bond donors (Lipinski definition) is 3. The minimum atomic E-state index is -0.597. The number of alkyl halides is 1. The van der Waals surface area contributed by atoms with Crippen LogP contribution in [0.4, 0.5) is 10.5 Å². The van der Waals surface area contributed by atoms with Crippen molar-refractivity contribution in [3.8, 4) is 0 Å². The Morgan fingerprint density at radius 3 is 3.00 bits per heavy atom. The van der Waals surface area contributed by atoms with Crippen LogP contribution in [0.25, 0.3) is 0 Å². The minimum Gasteiger partial charge on any atom is -0.274 e. The molecule has 0 fully saturated rings. The number of nitrogens with two attached hydrogens (primary N) is 2. The molecule has 0 spiro atoms. The molecule has 1 aromatic rings. The number of carbonyl (C=O) groups is 1. The van der Waals surface area contributed by atoms with Crippen molar-refractivity contribution in [2.24, 2.45) is 18.7 Å². The number of carbonyl (C=O) groups excluding carboxylic acids is 1. The van der Waals surface area contributed by atoms with Gasteiger partial charge in [0.1, 0.15) is 5.69 Å². The van der Waals surface area contributed by atoms with Crippen molar-refractivity contribution in [1.82, 2.24) is 15.2 Å². The molecular weight excluding hydrogens is 252 g/mol. The maximum absolute atomic E-state index is 11.1. The van der Waals surface area contributed by atoms with E-state index in [1.807, 2.05) is 5.43 Å². The maximum atomic E-state index is 11.1. The lowest BCUT2D eigenvalue weighted by Crippen LogP contribution is -2.47. The highest BCUT2D eigenvalue weighted by Crippen LogP contribution is 2.19. The number of anilines is 1. The number of hydrogen-bond acceptors (Lipinski definition) is 4. The summed E-state index contributed by atoms with van der Waals surface area (Å²) in [5, 5.41) is 5.42. The maximum Gasteiger partial charge on any atom is 0.350 e. The molecule has 0 unspecified atom stereocenters. The first-order chi connectivity index (χ1) is 6.61. The molecule has 1 heterocycles. The first-order valence-electron chi connectivity index (χ1n) is 3.74. The number of nitrogens with zero attached hydrogens (tertiary/aromatic N) is 3. The van der Waals surface area contributed by atoms with Gasteiger partial charge in [0, 0.05) is 12.4 Å². The van der Waals surface area contributed by atoms with E-state index in [1.54, 1.807) is 11.7 Å². The van der Waals surface area contributed by atoms with E-state index in [2.05, 4.69) is 21.0 Å². The Morgan fingerprint density at radius 1 is 1.86 bits per heavy atom. The largest absolute Gasteiger partial charge is 0.350 e. The zero-order valence-corrected chi connectivity index (χ0v) is 9.15. The van der Waals surface area contributed by atoms with E-state index in [9.17, 15) is 4.79 Å². The van der Waals surface area contributed by atoms with Gasteiger partial charge in [-0.3, -0.25) is 10.1 Å². The Hall–Kier alpha value is -1.12. The van der Waals surface area contributed by atoms with E-state index in [1.165, 1.54) is 6.20 Å². The van der Waals surface area contributed by atoms with E-state index in [0.29, 0.717) is 11.0 Å². The summed E-state index contributed by atoms with van der Waals surface area (Å²) in [6.45, 7) is 0. The van der Waals surface area contributed by atoms with Gasteiger partial charge in [0.25, 0.3) is 0 Å². The zero-order valence-electron chi connectivity index (χ0n) is 7.57. The molecule has 0 aliphatic carbocycles. The van der Waals surface area contributed by atoms with Gasteiger partial charge >= 0.3 is 6.03 Å². The summed E-state index contributed by atoms with van der Waals surface area (Å²) in [6.07, 6.45) is 1.49. The van der Waals surface area contributed by atoms with Crippen molar-refractivity contribution >= 4 is 27.6 Å². The average molecular weight is 263 g/mol. The standard InChI is InChI=1S/C6H11BrN6O/c1-12-4(2-7)5(3-10-12)13(9)6(14)11-8/h3H,2,8-9H2,1H3,(H,11,14). The highest BCUT2D eigenvalue weighted by atomic mass is 79.9. The molecule has 0 radical (unpaired) electrons. The fraction of sp³-hybridized carbons (Fsp3) is 0.333. The molecule has 5 N–H and O–H groups in total. The smallest absolute Gasteiger partial charge is 0.274 e. The number of nitrogens with one attached hydrogen (secondary N) is 1. The number of amides is 2. The molecular formula is C6H11BrN6O. The molecule has 2 amide bonds. The number of rotatable bonds is 2. The van der Waals surface area contributed by atoms with Gasteiger partial charge in [-0.15, -0.1) is 0 Å². The van der Waals surface area contributed by atoms with Gasteiger partial charge in [0.05, 0.1) is 11.9 Å². The summed E-state index contributed by atoms with van der Waals surface area (Å²) in [5.74, 6) is 10.5. The van der Waals surface area contributed by atoms with Gasteiger partial charge in [-0.2, -0.15) is 5.10 Å². The van der Waals surface area contributed by atoms with Crippen LogP contribution in [-0.2, 0) is 12.4 Å². The third kappa shape index (κ3) is 1.86. The first kappa shape index (κ1) is 11.0. The van der Waals surface area contributed by atoms with Crippen LogP contribution in [0.2, 0.25) is 0 Å². The van der Waals surface area contributed by atoms with Crippen molar-refractivity contribution in [3.05, 3.63) is 11.9 Å². The summed E-state index contributed by atoms with van der Waals surface area (Å²) >= 11 is 3.27. The van der Waals surface area contributed by atoms with Crippen LogP contribution >= 0.6 is 15.9 Å². The van der Waals surface area contributed by atoms with Gasteiger partial charge in [-0.25, -0.2) is 21.5 Å². The molecule has 1 rings (SSSR count). The highest BCUT2D eigenvalue weighted by Gasteiger charge is 2.16. The Balaban J connectivity index is 3.00. The van der Waals surface area contributed by atoms with Crippen molar-refractivity contribution in [2.45, 2.75) is 5.33 Å². The van der Waals surface area contributed by atoms with Crippen LogP contribution in [0.15, 0.2) is 6.20 Å². The summed E-state index contributed by atoms with van der Waals surface area (Å²) < 4.78 is 1.62. The topological polar surface area (TPSA) is 102 Å². The summed E-state index contributed by atoms with van der Waals surface area (Å²) in [7, 11) is 1.76. The third-order valence-electron chi connectivity index (χ3n) is 1.77. The quantitative estimate of drug-likeness (QED) is 0.292. The van der Waals surface area contributed by atoms with Crippen molar-refractivity contribution in [1.29, 1.82) is 0 Å². The fourth-order valence-corrected chi connectivity index (χ4v) is 1.64. The molecule has 14 heavy (non-hydrogen) atoms. The number of aromatic nitrogens is 2. The van der Waals surface area contributed by atoms with Crippen LogP contribution in [0.5, 0.6) is 0 Å². The second kappa shape index (κ2) is 4.40. The van der Waals surface area contributed by atoms with Crippen molar-refractivity contribution in [3.63, 3.8) is 0 Å². The molecule has 1 aromatic heterocycles. The molecule has 8 heteroatoms. The number of halogens is 1. The van der Waals surface area contributed by atoms with E-state index < -0.39 is 6.03 Å². The third-order valence-corrected chi connectivity index (χ3v) is 2.30. The van der Waals surface area contributed by atoms with Crippen LogP contribution in [0.1, 0.15) is 5.69 Å². The Bertz CT molecular complexity index is 337. The lowest BCUT2D eigenvalue weighted by atomic mass is 10.4. The lowest BCUT2D eigenvalue weighted by molar-refractivity contribution is 0.246. The average Bonchev–Trinajstić information content (AvgIpc) is 2.57. The van der Waals surface area contributed by atoms with E-state index in [-0.39, 0.29) is 0 Å². The SMILES string of the molecule is Cn1ncc(N(N)C(=O)NN)c1CBr. The monoisotopic (exact) mass is 262 g/mol. The predicted molar refractivity (Wildman–Crippen MR) is 55.2 cm³/mol. The van der Waals surface area contributed by atoms with Gasteiger partial charge in [-0.1, -0.05) is 15.9 Å².